The monoisotopic (exact) mass is 337 g/mol. The molecule has 1 saturated heterocycles. The number of amides is 1. The Balaban J connectivity index is 1.88. The van der Waals surface area contributed by atoms with Gasteiger partial charge >= 0.3 is 0 Å². The molecule has 1 aromatic rings. The second-order valence-electron chi connectivity index (χ2n) is 8.00. The maximum Gasteiger partial charge on any atom is 0.222 e. The zero-order valence-corrected chi connectivity index (χ0v) is 16.1. The third kappa shape index (κ3) is 5.57. The van der Waals surface area contributed by atoms with E-state index in [0.29, 0.717) is 18.2 Å². The average molecular weight is 338 g/mol. The fourth-order valence-electron chi connectivity index (χ4n) is 2.81. The summed E-state index contributed by atoms with van der Waals surface area (Å²) in [5.74, 6) is 0.748. The third-order valence-electron chi connectivity index (χ3n) is 4.10. The lowest BCUT2D eigenvalue weighted by Gasteiger charge is -2.22. The molecule has 0 N–H and O–H groups in total. The van der Waals surface area contributed by atoms with Gasteiger partial charge in [0.05, 0.1) is 10.7 Å². The molecule has 0 saturated carbocycles. The number of aromatic nitrogens is 1. The molecule has 0 unspecified atom stereocenters. The van der Waals surface area contributed by atoms with Crippen LogP contribution in [0.1, 0.15) is 58.2 Å². The molecule has 0 aliphatic carbocycles. The van der Waals surface area contributed by atoms with E-state index < -0.39 is 0 Å². The van der Waals surface area contributed by atoms with Crippen molar-refractivity contribution in [3.63, 3.8) is 0 Å². The first-order valence-corrected chi connectivity index (χ1v) is 9.58. The van der Waals surface area contributed by atoms with Crippen LogP contribution in [0.25, 0.3) is 0 Å². The van der Waals surface area contributed by atoms with E-state index in [9.17, 15) is 4.79 Å². The minimum Gasteiger partial charge on any atom is -0.341 e. The van der Waals surface area contributed by atoms with Gasteiger partial charge in [-0.15, -0.1) is 11.3 Å². The molecule has 0 atom stereocenters. The number of hydrogen-bond acceptors (Lipinski definition) is 4. The topological polar surface area (TPSA) is 36.4 Å². The Kier molecular flexibility index (Phi) is 6.20. The number of carbonyl (C=O) groups excluding carboxylic acids is 1. The molecule has 5 heteroatoms. The van der Waals surface area contributed by atoms with Crippen molar-refractivity contribution < 1.29 is 4.79 Å². The molecule has 0 radical (unpaired) electrons. The third-order valence-corrected chi connectivity index (χ3v) is 5.42. The number of carbonyl (C=O) groups is 1. The van der Waals surface area contributed by atoms with Crippen LogP contribution in [0.15, 0.2) is 5.38 Å². The lowest BCUT2D eigenvalue weighted by molar-refractivity contribution is -0.131. The van der Waals surface area contributed by atoms with Crippen LogP contribution in [0.4, 0.5) is 0 Å². The minimum absolute atomic E-state index is 0.127. The van der Waals surface area contributed by atoms with E-state index >= 15 is 0 Å². The molecule has 4 nitrogen and oxygen atoms in total. The Morgan fingerprint density at radius 1 is 1.26 bits per heavy atom. The Morgan fingerprint density at radius 2 is 2.00 bits per heavy atom. The maximum absolute atomic E-state index is 12.2. The zero-order chi connectivity index (χ0) is 17.0. The molecule has 0 aromatic carbocycles. The first-order chi connectivity index (χ1) is 10.8. The summed E-state index contributed by atoms with van der Waals surface area (Å²) in [5.41, 5.74) is 1.30. The fourth-order valence-corrected chi connectivity index (χ4v) is 3.71. The molecular formula is C18H31N3OS. The highest BCUT2D eigenvalue weighted by atomic mass is 32.1. The van der Waals surface area contributed by atoms with Gasteiger partial charge in [-0.3, -0.25) is 9.69 Å². The Labute approximate surface area is 144 Å². The molecule has 1 aliphatic rings. The maximum atomic E-state index is 12.2. The molecule has 1 aliphatic heterocycles. The largest absolute Gasteiger partial charge is 0.341 e. The highest BCUT2D eigenvalue weighted by molar-refractivity contribution is 7.09. The molecule has 23 heavy (non-hydrogen) atoms. The van der Waals surface area contributed by atoms with E-state index in [4.69, 9.17) is 4.98 Å². The summed E-state index contributed by atoms with van der Waals surface area (Å²) < 4.78 is 0. The smallest absolute Gasteiger partial charge is 0.222 e. The summed E-state index contributed by atoms with van der Waals surface area (Å²) in [5, 5.41) is 3.39. The van der Waals surface area contributed by atoms with Crippen molar-refractivity contribution in [3.8, 4) is 0 Å². The predicted octanol–water partition coefficient (Wildman–Crippen LogP) is 3.52. The van der Waals surface area contributed by atoms with Crippen LogP contribution >= 0.6 is 11.3 Å². The van der Waals surface area contributed by atoms with E-state index in [-0.39, 0.29) is 5.41 Å². The minimum atomic E-state index is 0.127. The van der Waals surface area contributed by atoms with E-state index in [1.807, 2.05) is 4.90 Å². The van der Waals surface area contributed by atoms with Crippen molar-refractivity contribution in [2.75, 3.05) is 26.2 Å². The SMILES string of the molecule is CC(C)CC(=O)N1CCCN(Cc2csc(C(C)(C)C)n2)CC1. The molecule has 0 bridgehead atoms. The fraction of sp³-hybridized carbons (Fsp3) is 0.778. The lowest BCUT2D eigenvalue weighted by Crippen LogP contribution is -2.35. The van der Waals surface area contributed by atoms with Gasteiger partial charge in [-0.05, 0) is 12.3 Å². The first kappa shape index (κ1) is 18.4. The summed E-state index contributed by atoms with van der Waals surface area (Å²) in [6.07, 6.45) is 1.72. The molecule has 1 amide bonds. The Hall–Kier alpha value is -0.940. The number of rotatable bonds is 4. The molecule has 1 fully saturated rings. The van der Waals surface area contributed by atoms with Gasteiger partial charge in [0.1, 0.15) is 0 Å². The van der Waals surface area contributed by atoms with Gasteiger partial charge in [0.25, 0.3) is 0 Å². The van der Waals surface area contributed by atoms with Crippen LogP contribution in [0.3, 0.4) is 0 Å². The number of thiazole rings is 1. The van der Waals surface area contributed by atoms with Crippen LogP contribution < -0.4 is 0 Å². The van der Waals surface area contributed by atoms with E-state index in [1.54, 1.807) is 11.3 Å². The molecular weight excluding hydrogens is 306 g/mol. The van der Waals surface area contributed by atoms with Gasteiger partial charge in [0.2, 0.25) is 5.91 Å². The molecule has 2 heterocycles. The second-order valence-corrected chi connectivity index (χ2v) is 8.86. The molecule has 1 aromatic heterocycles. The zero-order valence-electron chi connectivity index (χ0n) is 15.3. The van der Waals surface area contributed by atoms with Gasteiger partial charge in [-0.2, -0.15) is 0 Å². The van der Waals surface area contributed by atoms with Gasteiger partial charge in [0.15, 0.2) is 0 Å². The Bertz CT molecular complexity index is 519. The summed E-state index contributed by atoms with van der Waals surface area (Å²) in [7, 11) is 0. The van der Waals surface area contributed by atoms with Crippen LogP contribution in [0, 0.1) is 5.92 Å². The summed E-state index contributed by atoms with van der Waals surface area (Å²) >= 11 is 1.76. The second kappa shape index (κ2) is 7.75. The van der Waals surface area contributed by atoms with Crippen LogP contribution in [0.2, 0.25) is 0 Å². The highest BCUT2D eigenvalue weighted by Crippen LogP contribution is 2.26. The van der Waals surface area contributed by atoms with Crippen molar-refractivity contribution in [1.82, 2.24) is 14.8 Å². The van der Waals surface area contributed by atoms with Gasteiger partial charge < -0.3 is 4.90 Å². The summed E-state index contributed by atoms with van der Waals surface area (Å²) in [4.78, 5) is 21.5. The Morgan fingerprint density at radius 3 is 2.61 bits per heavy atom. The molecule has 2 rings (SSSR count). The number of nitrogens with zero attached hydrogens (tertiary/aromatic N) is 3. The van der Waals surface area contributed by atoms with Crippen molar-refractivity contribution in [3.05, 3.63) is 16.1 Å². The van der Waals surface area contributed by atoms with E-state index in [1.165, 1.54) is 10.7 Å². The molecule has 130 valence electrons. The first-order valence-electron chi connectivity index (χ1n) is 8.70. The molecule has 0 spiro atoms. The van der Waals surface area contributed by atoms with Crippen molar-refractivity contribution >= 4 is 17.2 Å². The van der Waals surface area contributed by atoms with Crippen molar-refractivity contribution in [1.29, 1.82) is 0 Å². The highest BCUT2D eigenvalue weighted by Gasteiger charge is 2.22. The van der Waals surface area contributed by atoms with Gasteiger partial charge in [-0.1, -0.05) is 34.6 Å². The predicted molar refractivity (Wildman–Crippen MR) is 96.7 cm³/mol. The lowest BCUT2D eigenvalue weighted by atomic mass is 9.98. The van der Waals surface area contributed by atoms with Crippen LogP contribution in [0.5, 0.6) is 0 Å². The standard InChI is InChI=1S/C18H31N3OS/c1-14(2)11-16(22)21-8-6-7-20(9-10-21)12-15-13-23-17(19-15)18(3,4)5/h13-14H,6-12H2,1-5H3. The van der Waals surface area contributed by atoms with Crippen molar-refractivity contribution in [2.24, 2.45) is 5.92 Å². The van der Waals surface area contributed by atoms with Crippen LogP contribution in [-0.2, 0) is 16.8 Å². The van der Waals surface area contributed by atoms with Crippen molar-refractivity contribution in [2.45, 2.75) is 59.4 Å². The summed E-state index contributed by atoms with van der Waals surface area (Å²) in [6.45, 7) is 15.5. The van der Waals surface area contributed by atoms with Gasteiger partial charge in [0, 0.05) is 49.9 Å². The van der Waals surface area contributed by atoms with Gasteiger partial charge in [-0.25, -0.2) is 4.98 Å². The number of hydrogen-bond donors (Lipinski definition) is 0. The summed E-state index contributed by atoms with van der Waals surface area (Å²) in [6, 6.07) is 0. The normalized spacial score (nSPS) is 17.6. The van der Waals surface area contributed by atoms with E-state index in [0.717, 1.165) is 39.1 Å². The average Bonchev–Trinajstić information content (AvgIpc) is 2.77. The quantitative estimate of drug-likeness (QED) is 0.843. The van der Waals surface area contributed by atoms with Crippen LogP contribution in [-0.4, -0.2) is 46.9 Å². The van der Waals surface area contributed by atoms with E-state index in [2.05, 4.69) is 44.9 Å².